The highest BCUT2D eigenvalue weighted by Gasteiger charge is 2.23. The molecule has 2 atom stereocenters. The minimum Gasteiger partial charge on any atom is -0.381 e. The molecule has 1 N–H and O–H groups in total. The zero-order valence-corrected chi connectivity index (χ0v) is 9.18. The van der Waals surface area contributed by atoms with Crippen molar-refractivity contribution < 1.29 is 4.74 Å². The van der Waals surface area contributed by atoms with Gasteiger partial charge in [-0.05, 0) is 31.7 Å². The molecule has 0 aromatic carbocycles. The molecule has 1 aliphatic rings. The zero-order chi connectivity index (χ0) is 9.68. The van der Waals surface area contributed by atoms with Gasteiger partial charge in [-0.1, -0.05) is 20.3 Å². The van der Waals surface area contributed by atoms with Crippen LogP contribution in [0.4, 0.5) is 0 Å². The van der Waals surface area contributed by atoms with E-state index >= 15 is 0 Å². The molecule has 1 heterocycles. The van der Waals surface area contributed by atoms with Crippen LogP contribution in [0.3, 0.4) is 0 Å². The van der Waals surface area contributed by atoms with Crippen LogP contribution in [0.1, 0.15) is 33.1 Å². The van der Waals surface area contributed by atoms with Crippen molar-refractivity contribution in [1.82, 2.24) is 5.32 Å². The first-order chi connectivity index (χ1) is 6.24. The fourth-order valence-electron chi connectivity index (χ4n) is 2.01. The maximum Gasteiger partial charge on any atom is 0.0509 e. The normalized spacial score (nSPS) is 29.5. The second-order valence-electron chi connectivity index (χ2n) is 4.49. The molecule has 1 saturated heterocycles. The summed E-state index contributed by atoms with van der Waals surface area (Å²) in [6, 6.07) is 0.688. The molecule has 0 aromatic heterocycles. The highest BCUT2D eigenvalue weighted by molar-refractivity contribution is 4.78. The number of hydrogen-bond donors (Lipinski definition) is 1. The van der Waals surface area contributed by atoms with Crippen molar-refractivity contribution in [1.29, 1.82) is 0 Å². The molecule has 78 valence electrons. The lowest BCUT2D eigenvalue weighted by Crippen LogP contribution is -2.40. The molecule has 0 saturated carbocycles. The van der Waals surface area contributed by atoms with Gasteiger partial charge in [-0.15, -0.1) is 0 Å². The van der Waals surface area contributed by atoms with E-state index in [9.17, 15) is 0 Å². The van der Waals surface area contributed by atoms with Crippen LogP contribution in [0, 0.1) is 11.8 Å². The van der Waals surface area contributed by atoms with Crippen molar-refractivity contribution in [2.24, 2.45) is 11.8 Å². The Balaban J connectivity index is 2.27. The van der Waals surface area contributed by atoms with E-state index in [0.29, 0.717) is 6.04 Å². The van der Waals surface area contributed by atoms with E-state index in [0.717, 1.165) is 25.0 Å². The second kappa shape index (κ2) is 5.61. The van der Waals surface area contributed by atoms with Gasteiger partial charge in [0.1, 0.15) is 0 Å². The maximum absolute atomic E-state index is 5.51. The third-order valence-corrected chi connectivity index (χ3v) is 2.96. The fraction of sp³-hybridized carbons (Fsp3) is 1.00. The Morgan fingerprint density at radius 3 is 2.85 bits per heavy atom. The van der Waals surface area contributed by atoms with Gasteiger partial charge >= 0.3 is 0 Å². The van der Waals surface area contributed by atoms with E-state index in [2.05, 4.69) is 26.2 Å². The molecular weight excluding hydrogens is 162 g/mol. The van der Waals surface area contributed by atoms with Gasteiger partial charge < -0.3 is 10.1 Å². The molecule has 1 aliphatic heterocycles. The number of ether oxygens (including phenoxy) is 1. The molecule has 0 aliphatic carbocycles. The van der Waals surface area contributed by atoms with Gasteiger partial charge in [0.05, 0.1) is 6.61 Å². The minimum absolute atomic E-state index is 0.688. The largest absolute Gasteiger partial charge is 0.381 e. The Kier molecular flexibility index (Phi) is 4.74. The monoisotopic (exact) mass is 185 g/mol. The van der Waals surface area contributed by atoms with Crippen molar-refractivity contribution in [3.05, 3.63) is 0 Å². The summed E-state index contributed by atoms with van der Waals surface area (Å²) in [5.41, 5.74) is 0. The molecule has 1 rings (SSSR count). The summed E-state index contributed by atoms with van der Waals surface area (Å²) < 4.78 is 5.51. The van der Waals surface area contributed by atoms with Gasteiger partial charge in [0, 0.05) is 12.6 Å². The van der Waals surface area contributed by atoms with Crippen molar-refractivity contribution in [3.8, 4) is 0 Å². The Hall–Kier alpha value is -0.0800. The molecule has 13 heavy (non-hydrogen) atoms. The van der Waals surface area contributed by atoms with Crippen LogP contribution < -0.4 is 5.32 Å². The predicted molar refractivity (Wildman–Crippen MR) is 55.8 cm³/mol. The molecule has 1 fully saturated rings. The van der Waals surface area contributed by atoms with Crippen LogP contribution in [-0.4, -0.2) is 26.3 Å². The summed E-state index contributed by atoms with van der Waals surface area (Å²) in [6.07, 6.45) is 3.81. The highest BCUT2D eigenvalue weighted by atomic mass is 16.5. The lowest BCUT2D eigenvalue weighted by Gasteiger charge is -2.31. The smallest absolute Gasteiger partial charge is 0.0509 e. The van der Waals surface area contributed by atoms with E-state index in [1.165, 1.54) is 19.3 Å². The molecule has 0 radical (unpaired) electrons. The standard InChI is InChI=1S/C11H23NO/c1-9(2)4-5-10-8-13-7-6-11(10)12-3/h9-12H,4-8H2,1-3H3. The van der Waals surface area contributed by atoms with Gasteiger partial charge in [0.2, 0.25) is 0 Å². The fourth-order valence-corrected chi connectivity index (χ4v) is 2.01. The zero-order valence-electron chi connectivity index (χ0n) is 9.18. The summed E-state index contributed by atoms with van der Waals surface area (Å²) in [4.78, 5) is 0. The topological polar surface area (TPSA) is 21.3 Å². The summed E-state index contributed by atoms with van der Waals surface area (Å²) in [6.45, 7) is 6.47. The summed E-state index contributed by atoms with van der Waals surface area (Å²) in [5.74, 6) is 1.56. The first kappa shape index (κ1) is 11.0. The van der Waals surface area contributed by atoms with Gasteiger partial charge in [0.15, 0.2) is 0 Å². The predicted octanol–water partition coefficient (Wildman–Crippen LogP) is 2.05. The molecule has 0 spiro atoms. The highest BCUT2D eigenvalue weighted by Crippen LogP contribution is 2.21. The number of nitrogens with one attached hydrogen (secondary N) is 1. The van der Waals surface area contributed by atoms with E-state index in [1.807, 2.05) is 0 Å². The van der Waals surface area contributed by atoms with Crippen molar-refractivity contribution >= 4 is 0 Å². The summed E-state index contributed by atoms with van der Waals surface area (Å²) in [7, 11) is 2.07. The first-order valence-corrected chi connectivity index (χ1v) is 5.49. The van der Waals surface area contributed by atoms with Gasteiger partial charge in [-0.3, -0.25) is 0 Å². The van der Waals surface area contributed by atoms with Crippen molar-refractivity contribution in [3.63, 3.8) is 0 Å². The van der Waals surface area contributed by atoms with Gasteiger partial charge in [0.25, 0.3) is 0 Å². The molecule has 2 heteroatoms. The van der Waals surface area contributed by atoms with E-state index in [1.54, 1.807) is 0 Å². The van der Waals surface area contributed by atoms with Crippen LogP contribution >= 0.6 is 0 Å². The number of hydrogen-bond acceptors (Lipinski definition) is 2. The third kappa shape index (κ3) is 3.65. The molecule has 2 unspecified atom stereocenters. The average molecular weight is 185 g/mol. The Morgan fingerprint density at radius 1 is 1.46 bits per heavy atom. The van der Waals surface area contributed by atoms with Crippen LogP contribution in [0.15, 0.2) is 0 Å². The minimum atomic E-state index is 0.688. The Morgan fingerprint density at radius 2 is 2.23 bits per heavy atom. The summed E-state index contributed by atoms with van der Waals surface area (Å²) in [5, 5.41) is 3.40. The van der Waals surface area contributed by atoms with E-state index in [-0.39, 0.29) is 0 Å². The molecule has 0 bridgehead atoms. The van der Waals surface area contributed by atoms with Crippen LogP contribution in [0.25, 0.3) is 0 Å². The van der Waals surface area contributed by atoms with Crippen LogP contribution in [0.5, 0.6) is 0 Å². The van der Waals surface area contributed by atoms with Gasteiger partial charge in [-0.25, -0.2) is 0 Å². The van der Waals surface area contributed by atoms with Crippen molar-refractivity contribution in [2.75, 3.05) is 20.3 Å². The van der Waals surface area contributed by atoms with Crippen LogP contribution in [0.2, 0.25) is 0 Å². The van der Waals surface area contributed by atoms with E-state index < -0.39 is 0 Å². The SMILES string of the molecule is CNC1CCOCC1CCC(C)C. The molecular formula is C11H23NO. The first-order valence-electron chi connectivity index (χ1n) is 5.49. The number of rotatable bonds is 4. The summed E-state index contributed by atoms with van der Waals surface area (Å²) >= 11 is 0. The lowest BCUT2D eigenvalue weighted by molar-refractivity contribution is 0.0288. The lowest BCUT2D eigenvalue weighted by atomic mass is 9.89. The second-order valence-corrected chi connectivity index (χ2v) is 4.49. The van der Waals surface area contributed by atoms with Crippen LogP contribution in [-0.2, 0) is 4.74 Å². The quantitative estimate of drug-likeness (QED) is 0.723. The molecule has 0 aromatic rings. The Labute approximate surface area is 82.0 Å². The Bertz CT molecular complexity index is 136. The average Bonchev–Trinajstić information content (AvgIpc) is 2.15. The molecule has 2 nitrogen and oxygen atoms in total. The van der Waals surface area contributed by atoms with Crippen molar-refractivity contribution in [2.45, 2.75) is 39.2 Å². The maximum atomic E-state index is 5.51. The van der Waals surface area contributed by atoms with Gasteiger partial charge in [-0.2, -0.15) is 0 Å². The van der Waals surface area contributed by atoms with E-state index in [4.69, 9.17) is 4.74 Å². The third-order valence-electron chi connectivity index (χ3n) is 2.96. The molecule has 0 amide bonds.